The number of aromatic nitrogens is 2. The molecule has 2 amide bonds. The lowest BCUT2D eigenvalue weighted by molar-refractivity contribution is 0.256. The van der Waals surface area contributed by atoms with E-state index in [-0.39, 0.29) is 11.8 Å². The van der Waals surface area contributed by atoms with Crippen molar-refractivity contribution < 1.29 is 13.2 Å². The lowest BCUT2D eigenvalue weighted by Crippen LogP contribution is -2.36. The number of carbonyl (C=O) groups is 1. The number of rotatable bonds is 5. The van der Waals surface area contributed by atoms with Crippen molar-refractivity contribution in [3.63, 3.8) is 0 Å². The molecule has 0 radical (unpaired) electrons. The molecular weight excluding hydrogens is 376 g/mol. The van der Waals surface area contributed by atoms with Crippen LogP contribution in [0.3, 0.4) is 0 Å². The van der Waals surface area contributed by atoms with Crippen LogP contribution in [0.4, 0.5) is 10.5 Å². The van der Waals surface area contributed by atoms with Crippen molar-refractivity contribution in [2.45, 2.75) is 65.5 Å². The molecule has 0 bridgehead atoms. The molecule has 2 rings (SSSR count). The van der Waals surface area contributed by atoms with Crippen molar-refractivity contribution in [3.05, 3.63) is 46.3 Å². The minimum absolute atomic E-state index is 0.160. The van der Waals surface area contributed by atoms with Gasteiger partial charge in [0, 0.05) is 17.6 Å². The highest BCUT2D eigenvalue weighted by Gasteiger charge is 2.23. The number of hydrogen-bond donors (Lipinski definition) is 2. The molecule has 0 aliphatic rings. The largest absolute Gasteiger partial charge is 0.333 e. The van der Waals surface area contributed by atoms with E-state index >= 15 is 0 Å². The van der Waals surface area contributed by atoms with Crippen LogP contribution in [0.5, 0.6) is 0 Å². The van der Waals surface area contributed by atoms with Crippen LogP contribution in [0, 0.1) is 20.8 Å². The number of benzene rings is 1. The molecule has 0 aliphatic carbocycles. The average molecular weight is 405 g/mol. The van der Waals surface area contributed by atoms with Gasteiger partial charge in [-0.3, -0.25) is 0 Å². The molecule has 28 heavy (non-hydrogen) atoms. The molecule has 1 aromatic heterocycles. The molecule has 2 aromatic rings. The smallest absolute Gasteiger partial charge is 0.307 e. The van der Waals surface area contributed by atoms with E-state index in [0.29, 0.717) is 11.4 Å². The van der Waals surface area contributed by atoms with Crippen LogP contribution >= 0.6 is 0 Å². The lowest BCUT2D eigenvalue weighted by atomic mass is 9.90. The van der Waals surface area contributed by atoms with Gasteiger partial charge in [0.15, 0.2) is 0 Å². The lowest BCUT2D eigenvalue weighted by Gasteiger charge is -2.21. The zero-order valence-corrected chi connectivity index (χ0v) is 18.2. The summed E-state index contributed by atoms with van der Waals surface area (Å²) in [6.45, 7) is 13.6. The molecule has 2 N–H and O–H groups in total. The Bertz CT molecular complexity index is 970. The van der Waals surface area contributed by atoms with Crippen molar-refractivity contribution in [1.82, 2.24) is 14.7 Å². The van der Waals surface area contributed by atoms with Gasteiger partial charge in [0.1, 0.15) is 0 Å². The number of sulfonamides is 1. The van der Waals surface area contributed by atoms with Crippen molar-refractivity contribution >= 4 is 21.7 Å². The Morgan fingerprint density at radius 2 is 1.54 bits per heavy atom. The van der Waals surface area contributed by atoms with Crippen molar-refractivity contribution in [3.8, 4) is 0 Å². The van der Waals surface area contributed by atoms with Crippen LogP contribution in [0.15, 0.2) is 23.5 Å². The van der Waals surface area contributed by atoms with Gasteiger partial charge >= 0.3 is 16.1 Å². The number of amides is 2. The predicted octanol–water partition coefficient (Wildman–Crippen LogP) is 4.16. The molecule has 152 valence electrons. The third-order valence-electron chi connectivity index (χ3n) is 4.50. The first-order valence-corrected chi connectivity index (χ1v) is 10.7. The molecule has 1 aromatic carbocycles. The van der Waals surface area contributed by atoms with Crippen molar-refractivity contribution in [2.75, 3.05) is 5.32 Å². The number of hydrogen-bond acceptors (Lipinski definition) is 5. The van der Waals surface area contributed by atoms with E-state index < -0.39 is 21.2 Å². The van der Waals surface area contributed by atoms with E-state index in [4.69, 9.17) is 0 Å². The molecular formula is C20H28N4O3S. The maximum atomic E-state index is 12.5. The number of carbonyl (C=O) groups excluding carboxylic acids is 1. The standard InChI is InChI=1S/C20H28N4O3S/c1-11(2)16-8-13(5)9-17(12(3)4)18(16)23-19(25)24-28(26,27)20-21-10-14(6)15(7)22-20/h8-12H,1-7H3,(H2,23,24,25). The van der Waals surface area contributed by atoms with E-state index in [1.165, 1.54) is 6.20 Å². The number of nitrogens with zero attached hydrogens (tertiary/aromatic N) is 2. The molecule has 0 aliphatic heterocycles. The summed E-state index contributed by atoms with van der Waals surface area (Å²) in [6, 6.07) is 3.18. The van der Waals surface area contributed by atoms with E-state index in [0.717, 1.165) is 22.3 Å². The topological polar surface area (TPSA) is 101 Å². The van der Waals surface area contributed by atoms with Crippen LogP contribution in [0.25, 0.3) is 0 Å². The number of aryl methyl sites for hydroxylation is 3. The maximum absolute atomic E-state index is 12.5. The summed E-state index contributed by atoms with van der Waals surface area (Å²) >= 11 is 0. The SMILES string of the molecule is Cc1cc(C(C)C)c(NC(=O)NS(=O)(=O)c2ncc(C)c(C)n2)c(C(C)C)c1. The second kappa shape index (κ2) is 8.26. The fraction of sp³-hybridized carbons (Fsp3) is 0.450. The van der Waals surface area contributed by atoms with Gasteiger partial charge in [-0.05, 0) is 49.3 Å². The third-order valence-corrected chi connectivity index (χ3v) is 5.63. The van der Waals surface area contributed by atoms with Gasteiger partial charge in [-0.15, -0.1) is 0 Å². The first kappa shape index (κ1) is 21.8. The Morgan fingerprint density at radius 1 is 1.00 bits per heavy atom. The van der Waals surface area contributed by atoms with Crippen LogP contribution < -0.4 is 10.0 Å². The van der Waals surface area contributed by atoms with E-state index in [9.17, 15) is 13.2 Å². The van der Waals surface area contributed by atoms with E-state index in [1.54, 1.807) is 13.8 Å². The second-order valence-corrected chi connectivity index (χ2v) is 9.18. The van der Waals surface area contributed by atoms with Gasteiger partial charge in [-0.2, -0.15) is 8.42 Å². The first-order chi connectivity index (χ1) is 12.9. The highest BCUT2D eigenvalue weighted by atomic mass is 32.2. The van der Waals surface area contributed by atoms with Crippen LogP contribution in [-0.2, 0) is 10.0 Å². The maximum Gasteiger partial charge on any atom is 0.333 e. The fourth-order valence-electron chi connectivity index (χ4n) is 2.84. The van der Waals surface area contributed by atoms with Gasteiger partial charge in [0.05, 0.1) is 0 Å². The molecule has 0 atom stereocenters. The van der Waals surface area contributed by atoms with Crippen molar-refractivity contribution in [2.24, 2.45) is 0 Å². The minimum Gasteiger partial charge on any atom is -0.307 e. The van der Waals surface area contributed by atoms with Gasteiger partial charge in [0.2, 0.25) is 0 Å². The Balaban J connectivity index is 2.35. The summed E-state index contributed by atoms with van der Waals surface area (Å²) < 4.78 is 27.0. The third kappa shape index (κ3) is 4.86. The van der Waals surface area contributed by atoms with Crippen molar-refractivity contribution in [1.29, 1.82) is 0 Å². The predicted molar refractivity (Wildman–Crippen MR) is 110 cm³/mol. The molecule has 0 saturated heterocycles. The molecule has 8 heteroatoms. The Kier molecular flexibility index (Phi) is 6.44. The summed E-state index contributed by atoms with van der Waals surface area (Å²) in [4.78, 5) is 20.3. The molecule has 0 spiro atoms. The highest BCUT2D eigenvalue weighted by Crippen LogP contribution is 2.33. The number of anilines is 1. The van der Waals surface area contributed by atoms with Crippen LogP contribution in [0.1, 0.15) is 67.5 Å². The fourth-order valence-corrected chi connectivity index (χ4v) is 3.68. The zero-order chi connectivity index (χ0) is 21.2. The summed E-state index contributed by atoms with van der Waals surface area (Å²) in [5.41, 5.74) is 4.96. The van der Waals surface area contributed by atoms with E-state index in [2.05, 4.69) is 15.3 Å². The van der Waals surface area contributed by atoms with Gasteiger partial charge in [-0.1, -0.05) is 45.4 Å². The quantitative estimate of drug-likeness (QED) is 0.729. The van der Waals surface area contributed by atoms with Gasteiger partial charge < -0.3 is 5.32 Å². The Labute approximate surface area is 167 Å². The Morgan fingerprint density at radius 3 is 2.00 bits per heavy atom. The summed E-state index contributed by atoms with van der Waals surface area (Å²) in [6.07, 6.45) is 1.42. The summed E-state index contributed by atoms with van der Waals surface area (Å²) in [5, 5.41) is 2.31. The second-order valence-electron chi connectivity index (χ2n) is 7.61. The van der Waals surface area contributed by atoms with E-state index in [1.807, 2.05) is 51.5 Å². The zero-order valence-electron chi connectivity index (χ0n) is 17.4. The first-order valence-electron chi connectivity index (χ1n) is 9.20. The van der Waals surface area contributed by atoms with Crippen LogP contribution in [0.2, 0.25) is 0 Å². The molecule has 1 heterocycles. The minimum atomic E-state index is -4.18. The Hall–Kier alpha value is -2.48. The molecule has 0 fully saturated rings. The molecule has 7 nitrogen and oxygen atoms in total. The van der Waals surface area contributed by atoms with Gasteiger partial charge in [-0.25, -0.2) is 19.5 Å². The monoisotopic (exact) mass is 404 g/mol. The average Bonchev–Trinajstić information content (AvgIpc) is 2.57. The number of nitrogens with one attached hydrogen (secondary N) is 2. The summed E-state index contributed by atoms with van der Waals surface area (Å²) in [7, 11) is -4.18. The van der Waals surface area contributed by atoms with Crippen LogP contribution in [-0.4, -0.2) is 24.4 Å². The summed E-state index contributed by atoms with van der Waals surface area (Å²) in [5.74, 6) is 0.319. The molecule has 0 saturated carbocycles. The number of urea groups is 1. The van der Waals surface area contributed by atoms with Gasteiger partial charge in [0.25, 0.3) is 5.16 Å². The molecule has 0 unspecified atom stereocenters. The normalized spacial score (nSPS) is 11.8. The highest BCUT2D eigenvalue weighted by molar-refractivity contribution is 7.89.